The van der Waals surface area contributed by atoms with E-state index in [4.69, 9.17) is 5.11 Å². The summed E-state index contributed by atoms with van der Waals surface area (Å²) in [6, 6.07) is 13.5. The lowest BCUT2D eigenvalue weighted by atomic mass is 10.1. The third-order valence-electron chi connectivity index (χ3n) is 3.97. The zero-order valence-corrected chi connectivity index (χ0v) is 15.2. The zero-order chi connectivity index (χ0) is 18.6. The third-order valence-corrected chi connectivity index (χ3v) is 5.80. The number of carbonyl (C=O) groups is 1. The molecule has 2 aromatic carbocycles. The van der Waals surface area contributed by atoms with Crippen molar-refractivity contribution in [1.29, 1.82) is 0 Å². The van der Waals surface area contributed by atoms with Gasteiger partial charge in [-0.25, -0.2) is 17.5 Å². The number of nitrogens with zero attached hydrogens (tertiary/aromatic N) is 1. The second kappa shape index (κ2) is 7.77. The van der Waals surface area contributed by atoms with Gasteiger partial charge in [0.05, 0.1) is 10.5 Å². The van der Waals surface area contributed by atoms with E-state index in [1.165, 1.54) is 18.4 Å². The number of rotatable bonds is 7. The topological polar surface area (TPSA) is 86.7 Å². The number of sulfonamides is 1. The quantitative estimate of drug-likeness (QED) is 0.790. The van der Waals surface area contributed by atoms with Crippen molar-refractivity contribution in [1.82, 2.24) is 9.62 Å². The summed E-state index contributed by atoms with van der Waals surface area (Å²) in [6.07, 6.45) is 0. The molecule has 0 fully saturated rings. The van der Waals surface area contributed by atoms with Gasteiger partial charge in [-0.15, -0.1) is 0 Å². The van der Waals surface area contributed by atoms with Crippen LogP contribution in [0, 0.1) is 0 Å². The van der Waals surface area contributed by atoms with Crippen molar-refractivity contribution >= 4 is 16.0 Å². The molecule has 2 N–H and O–H groups in total. The van der Waals surface area contributed by atoms with Crippen LogP contribution in [0.2, 0.25) is 0 Å². The SMILES string of the molecule is CC(NCc1ccc(C(=O)O)cc1)c1ccc(S(=O)(=O)N(C)C)cc1. The fourth-order valence-electron chi connectivity index (χ4n) is 2.29. The second-order valence-corrected chi connectivity index (χ2v) is 8.11. The number of carboxylic acid groups (broad SMARTS) is 1. The van der Waals surface area contributed by atoms with Crippen molar-refractivity contribution in [2.45, 2.75) is 24.4 Å². The number of carboxylic acids is 1. The van der Waals surface area contributed by atoms with Crippen LogP contribution in [0.5, 0.6) is 0 Å². The summed E-state index contributed by atoms with van der Waals surface area (Å²) in [6.45, 7) is 2.57. The molecule has 2 aromatic rings. The summed E-state index contributed by atoms with van der Waals surface area (Å²) in [7, 11) is -0.415. The Kier molecular flexibility index (Phi) is 5.94. The molecule has 0 bridgehead atoms. The number of aromatic carboxylic acids is 1. The number of nitrogens with one attached hydrogen (secondary N) is 1. The van der Waals surface area contributed by atoms with Crippen LogP contribution in [-0.2, 0) is 16.6 Å². The molecule has 134 valence electrons. The van der Waals surface area contributed by atoms with Gasteiger partial charge in [-0.1, -0.05) is 24.3 Å². The van der Waals surface area contributed by atoms with Crippen LogP contribution in [0.1, 0.15) is 34.5 Å². The van der Waals surface area contributed by atoms with Gasteiger partial charge in [0.1, 0.15) is 0 Å². The van der Waals surface area contributed by atoms with E-state index in [-0.39, 0.29) is 16.5 Å². The average molecular weight is 362 g/mol. The molecule has 0 aliphatic carbocycles. The van der Waals surface area contributed by atoms with Gasteiger partial charge in [-0.2, -0.15) is 0 Å². The first-order valence-electron chi connectivity index (χ1n) is 7.80. The van der Waals surface area contributed by atoms with Crippen LogP contribution in [-0.4, -0.2) is 37.9 Å². The van der Waals surface area contributed by atoms with Gasteiger partial charge < -0.3 is 10.4 Å². The summed E-state index contributed by atoms with van der Waals surface area (Å²) < 4.78 is 25.3. The van der Waals surface area contributed by atoms with E-state index in [1.54, 1.807) is 48.5 Å². The predicted molar refractivity (Wildman–Crippen MR) is 96.0 cm³/mol. The standard InChI is InChI=1S/C18H22N2O4S/c1-13(19-12-14-4-6-16(7-5-14)18(21)22)15-8-10-17(11-9-15)25(23,24)20(2)3/h4-11,13,19H,12H2,1-3H3,(H,21,22). The summed E-state index contributed by atoms with van der Waals surface area (Å²) in [5, 5.41) is 12.2. The molecule has 0 saturated heterocycles. The highest BCUT2D eigenvalue weighted by atomic mass is 32.2. The Morgan fingerprint density at radius 1 is 1.08 bits per heavy atom. The molecule has 1 unspecified atom stereocenters. The lowest BCUT2D eigenvalue weighted by Crippen LogP contribution is -2.22. The van der Waals surface area contributed by atoms with Crippen LogP contribution < -0.4 is 5.32 Å². The molecule has 0 amide bonds. The van der Waals surface area contributed by atoms with Crippen LogP contribution in [0.15, 0.2) is 53.4 Å². The minimum absolute atomic E-state index is 0.0234. The van der Waals surface area contributed by atoms with Crippen LogP contribution in [0.25, 0.3) is 0 Å². The molecule has 0 aliphatic rings. The fourth-order valence-corrected chi connectivity index (χ4v) is 3.19. The first kappa shape index (κ1) is 19.1. The Hall–Kier alpha value is -2.22. The van der Waals surface area contributed by atoms with Gasteiger partial charge in [0.2, 0.25) is 10.0 Å². The molecule has 2 rings (SSSR count). The molecular formula is C18H22N2O4S. The minimum atomic E-state index is -3.42. The van der Waals surface area contributed by atoms with E-state index < -0.39 is 16.0 Å². The van der Waals surface area contributed by atoms with E-state index in [0.717, 1.165) is 11.1 Å². The number of hydrogen-bond acceptors (Lipinski definition) is 4. The second-order valence-electron chi connectivity index (χ2n) is 5.96. The van der Waals surface area contributed by atoms with Crippen LogP contribution in [0.3, 0.4) is 0 Å². The van der Waals surface area contributed by atoms with E-state index >= 15 is 0 Å². The maximum atomic E-state index is 12.1. The van der Waals surface area contributed by atoms with Gasteiger partial charge in [0, 0.05) is 26.7 Å². The number of hydrogen-bond donors (Lipinski definition) is 2. The van der Waals surface area contributed by atoms with E-state index in [0.29, 0.717) is 6.54 Å². The minimum Gasteiger partial charge on any atom is -0.478 e. The summed E-state index contributed by atoms with van der Waals surface area (Å²) in [5.74, 6) is -0.944. The predicted octanol–water partition coefficient (Wildman–Crippen LogP) is 2.49. The Labute approximate surface area is 148 Å². The van der Waals surface area contributed by atoms with Gasteiger partial charge in [-0.05, 0) is 42.3 Å². The monoisotopic (exact) mass is 362 g/mol. The van der Waals surface area contributed by atoms with E-state index in [1.807, 2.05) is 6.92 Å². The average Bonchev–Trinajstić information content (AvgIpc) is 2.60. The van der Waals surface area contributed by atoms with Crippen molar-refractivity contribution in [2.24, 2.45) is 0 Å². The van der Waals surface area contributed by atoms with Crippen LogP contribution in [0.4, 0.5) is 0 Å². The molecule has 0 aromatic heterocycles. The first-order valence-corrected chi connectivity index (χ1v) is 9.24. The molecule has 6 nitrogen and oxygen atoms in total. The fraction of sp³-hybridized carbons (Fsp3) is 0.278. The highest BCUT2D eigenvalue weighted by Gasteiger charge is 2.17. The van der Waals surface area contributed by atoms with E-state index in [2.05, 4.69) is 5.32 Å². The molecule has 0 heterocycles. The zero-order valence-electron chi connectivity index (χ0n) is 14.4. The molecule has 25 heavy (non-hydrogen) atoms. The molecule has 0 saturated carbocycles. The summed E-state index contributed by atoms with van der Waals surface area (Å²) >= 11 is 0. The van der Waals surface area contributed by atoms with Crippen molar-refractivity contribution in [3.8, 4) is 0 Å². The van der Waals surface area contributed by atoms with Crippen molar-refractivity contribution < 1.29 is 18.3 Å². The Balaban J connectivity index is 2.01. The highest BCUT2D eigenvalue weighted by molar-refractivity contribution is 7.89. The summed E-state index contributed by atoms with van der Waals surface area (Å²) in [5.41, 5.74) is 2.21. The smallest absolute Gasteiger partial charge is 0.335 e. The van der Waals surface area contributed by atoms with E-state index in [9.17, 15) is 13.2 Å². The maximum Gasteiger partial charge on any atom is 0.335 e. The van der Waals surface area contributed by atoms with Gasteiger partial charge in [-0.3, -0.25) is 0 Å². The lowest BCUT2D eigenvalue weighted by molar-refractivity contribution is 0.0697. The Morgan fingerprint density at radius 3 is 2.12 bits per heavy atom. The molecule has 0 aliphatic heterocycles. The molecule has 1 atom stereocenters. The maximum absolute atomic E-state index is 12.1. The Morgan fingerprint density at radius 2 is 1.64 bits per heavy atom. The molecule has 0 radical (unpaired) electrons. The molecule has 0 spiro atoms. The largest absolute Gasteiger partial charge is 0.478 e. The van der Waals surface area contributed by atoms with Gasteiger partial charge in [0.15, 0.2) is 0 Å². The van der Waals surface area contributed by atoms with Gasteiger partial charge >= 0.3 is 5.97 Å². The van der Waals surface area contributed by atoms with Gasteiger partial charge in [0.25, 0.3) is 0 Å². The lowest BCUT2D eigenvalue weighted by Gasteiger charge is -2.16. The van der Waals surface area contributed by atoms with Crippen molar-refractivity contribution in [3.63, 3.8) is 0 Å². The first-order chi connectivity index (χ1) is 11.7. The molecular weight excluding hydrogens is 340 g/mol. The third kappa shape index (κ3) is 4.66. The normalized spacial score (nSPS) is 13.0. The van der Waals surface area contributed by atoms with Crippen molar-refractivity contribution in [3.05, 3.63) is 65.2 Å². The van der Waals surface area contributed by atoms with Crippen molar-refractivity contribution in [2.75, 3.05) is 14.1 Å². The van der Waals surface area contributed by atoms with Crippen LogP contribution >= 0.6 is 0 Å². The summed E-state index contributed by atoms with van der Waals surface area (Å²) in [4.78, 5) is 11.1. The highest BCUT2D eigenvalue weighted by Crippen LogP contribution is 2.18. The molecule has 7 heteroatoms. The number of benzene rings is 2. The Bertz CT molecular complexity index is 828.